The second-order valence-corrected chi connectivity index (χ2v) is 9.66. The van der Waals surface area contributed by atoms with Gasteiger partial charge in [0.2, 0.25) is 5.91 Å². The van der Waals surface area contributed by atoms with Gasteiger partial charge in [0.1, 0.15) is 11.6 Å². The molecular formula is C27H28FN3O5. The maximum Gasteiger partial charge on any atom is 0.303 e. The number of aliphatic carboxylic acids is 1. The van der Waals surface area contributed by atoms with Crippen LogP contribution in [0.3, 0.4) is 0 Å². The molecule has 1 heterocycles. The molecule has 2 aromatic carbocycles. The lowest BCUT2D eigenvalue weighted by atomic mass is 9.86. The molecule has 4 rings (SSSR count). The summed E-state index contributed by atoms with van der Waals surface area (Å²) in [6, 6.07) is 7.54. The van der Waals surface area contributed by atoms with E-state index in [1.807, 2.05) is 0 Å². The van der Waals surface area contributed by atoms with E-state index in [0.29, 0.717) is 55.0 Å². The molecule has 2 atom stereocenters. The molecule has 1 aliphatic heterocycles. The van der Waals surface area contributed by atoms with E-state index < -0.39 is 29.0 Å². The van der Waals surface area contributed by atoms with E-state index in [0.717, 1.165) is 5.56 Å². The van der Waals surface area contributed by atoms with Crippen LogP contribution < -0.4 is 15.4 Å². The molecule has 1 fully saturated rings. The van der Waals surface area contributed by atoms with Gasteiger partial charge in [0.15, 0.2) is 5.69 Å². The first kappa shape index (κ1) is 25.2. The van der Waals surface area contributed by atoms with Crippen molar-refractivity contribution in [1.82, 2.24) is 5.32 Å². The summed E-state index contributed by atoms with van der Waals surface area (Å²) in [5, 5.41) is 14.6. The van der Waals surface area contributed by atoms with Crippen molar-refractivity contribution in [3.8, 4) is 5.75 Å². The minimum atomic E-state index is -0.894. The fourth-order valence-electron chi connectivity index (χ4n) is 4.90. The first-order valence-electron chi connectivity index (χ1n) is 12.0. The van der Waals surface area contributed by atoms with E-state index in [1.54, 1.807) is 32.0 Å². The van der Waals surface area contributed by atoms with E-state index in [4.69, 9.17) is 16.4 Å². The highest BCUT2D eigenvalue weighted by molar-refractivity contribution is 5.98. The Labute approximate surface area is 208 Å². The summed E-state index contributed by atoms with van der Waals surface area (Å²) >= 11 is 0. The number of nitrogens with one attached hydrogen (secondary N) is 2. The average Bonchev–Trinajstić information content (AvgIpc) is 3.53. The molecular weight excluding hydrogens is 465 g/mol. The minimum Gasteiger partial charge on any atom is -0.493 e. The Balaban J connectivity index is 1.58. The van der Waals surface area contributed by atoms with Gasteiger partial charge >= 0.3 is 5.97 Å². The van der Waals surface area contributed by atoms with E-state index in [1.165, 1.54) is 12.1 Å². The normalized spacial score (nSPS) is 19.7. The molecule has 0 radical (unpaired) electrons. The lowest BCUT2D eigenvalue weighted by molar-refractivity contribution is -0.137. The van der Waals surface area contributed by atoms with E-state index in [2.05, 4.69) is 15.5 Å². The van der Waals surface area contributed by atoms with Crippen LogP contribution in [-0.4, -0.2) is 35.5 Å². The molecule has 0 aromatic heterocycles. The summed E-state index contributed by atoms with van der Waals surface area (Å²) in [6.07, 6.45) is 1.94. The number of hydrogen-bond acceptors (Lipinski definition) is 4. The fraction of sp³-hybridized carbons (Fsp3) is 0.407. The number of ether oxygens (including phenoxy) is 1. The number of carboxylic acids is 1. The van der Waals surface area contributed by atoms with Crippen LogP contribution in [0.4, 0.5) is 15.8 Å². The van der Waals surface area contributed by atoms with Crippen molar-refractivity contribution in [1.29, 1.82) is 0 Å². The number of rotatable bonds is 8. The molecule has 0 saturated heterocycles. The van der Waals surface area contributed by atoms with Gasteiger partial charge in [-0.15, -0.1) is 0 Å². The van der Waals surface area contributed by atoms with Crippen molar-refractivity contribution in [2.45, 2.75) is 57.4 Å². The number of amides is 2. The Morgan fingerprint density at radius 2 is 2.06 bits per heavy atom. The molecule has 1 spiro atoms. The van der Waals surface area contributed by atoms with Gasteiger partial charge < -0.3 is 20.5 Å². The maximum atomic E-state index is 14.7. The van der Waals surface area contributed by atoms with E-state index in [9.17, 15) is 18.8 Å². The topological polar surface area (TPSA) is 109 Å². The van der Waals surface area contributed by atoms with Crippen LogP contribution in [-0.2, 0) is 21.4 Å². The number of hydrogen-bond donors (Lipinski definition) is 3. The third-order valence-corrected chi connectivity index (χ3v) is 6.78. The second kappa shape index (κ2) is 9.97. The Kier molecular flexibility index (Phi) is 6.97. The Morgan fingerprint density at radius 1 is 1.28 bits per heavy atom. The summed E-state index contributed by atoms with van der Waals surface area (Å²) in [7, 11) is 0. The zero-order valence-corrected chi connectivity index (χ0v) is 20.2. The summed E-state index contributed by atoms with van der Waals surface area (Å²) in [5.41, 5.74) is 1.63. The number of nitrogens with zero attached hydrogens (tertiary/aromatic N) is 1. The van der Waals surface area contributed by atoms with Crippen molar-refractivity contribution in [2.75, 3.05) is 11.9 Å². The molecule has 2 aliphatic rings. The number of aryl methyl sites for hydroxylation is 1. The smallest absolute Gasteiger partial charge is 0.303 e. The third kappa shape index (κ3) is 5.03. The van der Waals surface area contributed by atoms with Crippen molar-refractivity contribution in [3.05, 3.63) is 64.3 Å². The van der Waals surface area contributed by atoms with Crippen molar-refractivity contribution < 1.29 is 28.6 Å². The quantitative estimate of drug-likeness (QED) is 0.466. The molecule has 2 aromatic rings. The van der Waals surface area contributed by atoms with Crippen LogP contribution in [0.1, 0.15) is 61.0 Å². The van der Waals surface area contributed by atoms with Crippen molar-refractivity contribution >= 4 is 29.2 Å². The largest absolute Gasteiger partial charge is 0.493 e. The molecule has 188 valence electrons. The number of anilines is 1. The first-order chi connectivity index (χ1) is 17.1. The molecule has 9 heteroatoms. The minimum absolute atomic E-state index is 0.00373. The van der Waals surface area contributed by atoms with Crippen LogP contribution in [0.15, 0.2) is 30.3 Å². The van der Waals surface area contributed by atoms with Gasteiger partial charge in [-0.05, 0) is 57.2 Å². The molecule has 0 unspecified atom stereocenters. The SMILES string of the molecule is [C-]#[N+]c1ccc(CCCC(=O)O)c(NC(=O)[C@@H]2C[C@]23CCOc2cc(F)c(C(=O)NC(C)C)cc23)c1. The lowest BCUT2D eigenvalue weighted by Gasteiger charge is -2.28. The Morgan fingerprint density at radius 3 is 2.75 bits per heavy atom. The fourth-order valence-corrected chi connectivity index (χ4v) is 4.90. The molecule has 2 amide bonds. The van der Waals surface area contributed by atoms with Crippen LogP contribution in [0.25, 0.3) is 4.85 Å². The number of benzene rings is 2. The standard InChI is InChI=1S/C27H28FN3O5/c1-15(2)30-25(34)18-12-19-23(13-21(18)28)36-10-9-27(19)14-20(27)26(35)31-22-11-17(29-3)8-7-16(22)5-4-6-24(32)33/h7-8,11-13,15,20H,4-6,9-10,14H2,1-2H3,(H,30,34)(H,31,35)(H,32,33)/t20-,27-/m0/s1. The van der Waals surface area contributed by atoms with E-state index in [-0.39, 0.29) is 23.9 Å². The van der Waals surface area contributed by atoms with Gasteiger partial charge in [-0.3, -0.25) is 14.4 Å². The Hall–Kier alpha value is -3.93. The van der Waals surface area contributed by atoms with Gasteiger partial charge in [0.05, 0.1) is 18.7 Å². The van der Waals surface area contributed by atoms with Gasteiger partial charge in [-0.1, -0.05) is 12.1 Å². The number of carboxylic acid groups (broad SMARTS) is 1. The number of carbonyl (C=O) groups excluding carboxylic acids is 2. The number of fused-ring (bicyclic) bond motifs is 2. The highest BCUT2D eigenvalue weighted by Crippen LogP contribution is 2.61. The number of halogens is 1. The van der Waals surface area contributed by atoms with Crippen LogP contribution in [0.2, 0.25) is 0 Å². The summed E-state index contributed by atoms with van der Waals surface area (Å²) in [5.74, 6) is -2.38. The highest BCUT2D eigenvalue weighted by Gasteiger charge is 2.61. The van der Waals surface area contributed by atoms with Gasteiger partial charge in [0, 0.05) is 41.1 Å². The predicted molar refractivity (Wildman–Crippen MR) is 131 cm³/mol. The Bertz CT molecular complexity index is 1270. The molecule has 1 aliphatic carbocycles. The molecule has 0 bridgehead atoms. The van der Waals surface area contributed by atoms with Crippen LogP contribution >= 0.6 is 0 Å². The monoisotopic (exact) mass is 493 g/mol. The molecule has 3 N–H and O–H groups in total. The lowest BCUT2D eigenvalue weighted by Crippen LogP contribution is -2.32. The number of carbonyl (C=O) groups is 3. The van der Waals surface area contributed by atoms with Crippen LogP contribution in [0, 0.1) is 18.3 Å². The maximum absolute atomic E-state index is 14.7. The summed E-state index contributed by atoms with van der Waals surface area (Å²) in [6.45, 7) is 11.2. The average molecular weight is 494 g/mol. The van der Waals surface area contributed by atoms with Gasteiger partial charge in [-0.2, -0.15) is 0 Å². The van der Waals surface area contributed by atoms with E-state index >= 15 is 0 Å². The molecule has 8 nitrogen and oxygen atoms in total. The zero-order valence-electron chi connectivity index (χ0n) is 20.2. The van der Waals surface area contributed by atoms with Gasteiger partial charge in [0.25, 0.3) is 5.91 Å². The van der Waals surface area contributed by atoms with Gasteiger partial charge in [-0.25, -0.2) is 9.24 Å². The van der Waals surface area contributed by atoms with Crippen molar-refractivity contribution in [2.24, 2.45) is 5.92 Å². The predicted octanol–water partition coefficient (Wildman–Crippen LogP) is 4.60. The highest BCUT2D eigenvalue weighted by atomic mass is 19.1. The third-order valence-electron chi connectivity index (χ3n) is 6.78. The molecule has 1 saturated carbocycles. The second-order valence-electron chi connectivity index (χ2n) is 9.66. The zero-order chi connectivity index (χ0) is 26.0. The molecule has 36 heavy (non-hydrogen) atoms. The van der Waals surface area contributed by atoms with Crippen molar-refractivity contribution in [3.63, 3.8) is 0 Å². The summed E-state index contributed by atoms with van der Waals surface area (Å²) in [4.78, 5) is 40.2. The summed E-state index contributed by atoms with van der Waals surface area (Å²) < 4.78 is 20.4. The van der Waals surface area contributed by atoms with Crippen LogP contribution in [0.5, 0.6) is 5.75 Å². The first-order valence-corrected chi connectivity index (χ1v) is 12.0.